The van der Waals surface area contributed by atoms with Gasteiger partial charge in [0, 0.05) is 33.4 Å². The predicted octanol–water partition coefficient (Wildman–Crippen LogP) is 4.68. The second-order valence-corrected chi connectivity index (χ2v) is 5.52. The minimum atomic E-state index is 0.657. The number of halogens is 1. The first-order valence-electron chi connectivity index (χ1n) is 6.22. The predicted molar refractivity (Wildman–Crippen MR) is 85.1 cm³/mol. The molecule has 0 saturated carbocycles. The molecule has 3 aromatic rings. The van der Waals surface area contributed by atoms with Gasteiger partial charge in [0.2, 0.25) is 0 Å². The number of aryl methyl sites for hydroxylation is 1. The number of hydrogen-bond acceptors (Lipinski definition) is 3. The van der Waals surface area contributed by atoms with E-state index in [1.165, 1.54) is 0 Å². The van der Waals surface area contributed by atoms with Crippen LogP contribution >= 0.6 is 15.9 Å². The Kier molecular flexibility index (Phi) is 3.32. The Balaban J connectivity index is 2.10. The zero-order valence-electron chi connectivity index (χ0n) is 10.9. The third kappa shape index (κ3) is 2.60. The SMILES string of the molecule is Cc1cc(Oc2cc(N)cc(Br)c2)c2ccccc2n1. The molecule has 2 N–H and O–H groups in total. The Labute approximate surface area is 125 Å². The number of benzene rings is 2. The summed E-state index contributed by atoms with van der Waals surface area (Å²) >= 11 is 3.42. The van der Waals surface area contributed by atoms with Crippen LogP contribution in [0.25, 0.3) is 10.9 Å². The Hall–Kier alpha value is -2.07. The molecule has 0 saturated heterocycles. The van der Waals surface area contributed by atoms with E-state index in [4.69, 9.17) is 10.5 Å². The van der Waals surface area contributed by atoms with Crippen molar-refractivity contribution in [2.75, 3.05) is 5.73 Å². The summed E-state index contributed by atoms with van der Waals surface area (Å²) in [5.74, 6) is 1.48. The summed E-state index contributed by atoms with van der Waals surface area (Å²) in [6.45, 7) is 1.95. The fraction of sp³-hybridized carbons (Fsp3) is 0.0625. The van der Waals surface area contributed by atoms with E-state index in [0.29, 0.717) is 11.4 Å². The van der Waals surface area contributed by atoms with Crippen molar-refractivity contribution < 1.29 is 4.74 Å². The summed E-state index contributed by atoms with van der Waals surface area (Å²) in [7, 11) is 0. The molecule has 0 atom stereocenters. The molecule has 0 bridgehead atoms. The molecular formula is C16H13BrN2O. The molecule has 4 heteroatoms. The van der Waals surface area contributed by atoms with Crippen LogP contribution < -0.4 is 10.5 Å². The fourth-order valence-corrected chi connectivity index (χ4v) is 2.61. The number of pyridine rings is 1. The number of hydrogen-bond donors (Lipinski definition) is 1. The van der Waals surface area contributed by atoms with E-state index in [1.807, 2.05) is 49.4 Å². The van der Waals surface area contributed by atoms with Crippen LogP contribution in [0.5, 0.6) is 11.5 Å². The molecular weight excluding hydrogens is 316 g/mol. The van der Waals surface area contributed by atoms with Gasteiger partial charge in [0.1, 0.15) is 11.5 Å². The summed E-state index contributed by atoms with van der Waals surface area (Å²) in [5, 5.41) is 0.983. The van der Waals surface area contributed by atoms with Gasteiger partial charge in [-0.15, -0.1) is 0 Å². The van der Waals surface area contributed by atoms with E-state index in [9.17, 15) is 0 Å². The first kappa shape index (κ1) is 12.9. The lowest BCUT2D eigenvalue weighted by Crippen LogP contribution is -1.92. The van der Waals surface area contributed by atoms with Crippen molar-refractivity contribution in [3.05, 3.63) is 58.7 Å². The van der Waals surface area contributed by atoms with Gasteiger partial charge in [-0.25, -0.2) is 0 Å². The van der Waals surface area contributed by atoms with Gasteiger partial charge in [-0.1, -0.05) is 28.1 Å². The number of nitrogens with two attached hydrogens (primary N) is 1. The smallest absolute Gasteiger partial charge is 0.138 e. The number of ether oxygens (including phenoxy) is 1. The Morgan fingerprint density at radius 3 is 2.70 bits per heavy atom. The second-order valence-electron chi connectivity index (χ2n) is 4.60. The van der Waals surface area contributed by atoms with Crippen LogP contribution in [-0.2, 0) is 0 Å². The maximum Gasteiger partial charge on any atom is 0.138 e. The molecule has 100 valence electrons. The van der Waals surface area contributed by atoms with Gasteiger partial charge in [-0.2, -0.15) is 0 Å². The van der Waals surface area contributed by atoms with Crippen LogP contribution in [0.1, 0.15) is 5.69 Å². The van der Waals surface area contributed by atoms with Gasteiger partial charge in [-0.3, -0.25) is 4.98 Å². The monoisotopic (exact) mass is 328 g/mol. The first-order valence-corrected chi connectivity index (χ1v) is 7.01. The quantitative estimate of drug-likeness (QED) is 0.695. The third-order valence-corrected chi connectivity index (χ3v) is 3.39. The second kappa shape index (κ2) is 5.13. The highest BCUT2D eigenvalue weighted by Gasteiger charge is 2.07. The van der Waals surface area contributed by atoms with Gasteiger partial charge < -0.3 is 10.5 Å². The number of nitrogen functional groups attached to an aromatic ring is 1. The van der Waals surface area contributed by atoms with E-state index >= 15 is 0 Å². The molecule has 0 aliphatic heterocycles. The van der Waals surface area contributed by atoms with E-state index in [0.717, 1.165) is 26.8 Å². The largest absolute Gasteiger partial charge is 0.456 e. The number of fused-ring (bicyclic) bond motifs is 1. The van der Waals surface area contributed by atoms with Crippen LogP contribution in [0.3, 0.4) is 0 Å². The van der Waals surface area contributed by atoms with Crippen LogP contribution in [0.2, 0.25) is 0 Å². The molecule has 1 aromatic heterocycles. The van der Waals surface area contributed by atoms with E-state index < -0.39 is 0 Å². The van der Waals surface area contributed by atoms with Gasteiger partial charge in [-0.05, 0) is 31.2 Å². The molecule has 1 heterocycles. The highest BCUT2D eigenvalue weighted by molar-refractivity contribution is 9.10. The van der Waals surface area contributed by atoms with Gasteiger partial charge in [0.25, 0.3) is 0 Å². The molecule has 0 amide bonds. The van der Waals surface area contributed by atoms with Crippen molar-refractivity contribution in [3.63, 3.8) is 0 Å². The van der Waals surface area contributed by atoms with Crippen LogP contribution in [-0.4, -0.2) is 4.98 Å². The summed E-state index contributed by atoms with van der Waals surface area (Å²) in [6, 6.07) is 15.4. The Morgan fingerprint density at radius 1 is 1.10 bits per heavy atom. The van der Waals surface area contributed by atoms with Crippen molar-refractivity contribution in [1.82, 2.24) is 4.98 Å². The van der Waals surface area contributed by atoms with Crippen LogP contribution in [0.4, 0.5) is 5.69 Å². The maximum absolute atomic E-state index is 5.98. The molecule has 0 radical (unpaired) electrons. The minimum Gasteiger partial charge on any atom is -0.456 e. The topological polar surface area (TPSA) is 48.1 Å². The molecule has 0 fully saturated rings. The lowest BCUT2D eigenvalue weighted by molar-refractivity contribution is 0.487. The zero-order valence-corrected chi connectivity index (χ0v) is 12.5. The molecule has 2 aromatic carbocycles. The van der Waals surface area contributed by atoms with Crippen LogP contribution in [0, 0.1) is 6.92 Å². The van der Waals surface area contributed by atoms with E-state index in [1.54, 1.807) is 6.07 Å². The zero-order chi connectivity index (χ0) is 14.1. The van der Waals surface area contributed by atoms with Gasteiger partial charge >= 0.3 is 0 Å². The molecule has 0 spiro atoms. The summed E-state index contributed by atoms with van der Waals surface area (Å²) < 4.78 is 6.88. The van der Waals surface area contributed by atoms with Crippen LogP contribution in [0.15, 0.2) is 53.0 Å². The average molecular weight is 329 g/mol. The normalized spacial score (nSPS) is 10.7. The maximum atomic E-state index is 5.98. The summed E-state index contributed by atoms with van der Waals surface area (Å²) in [4.78, 5) is 4.50. The fourth-order valence-electron chi connectivity index (χ4n) is 2.12. The van der Waals surface area contributed by atoms with Crippen molar-refractivity contribution in [2.45, 2.75) is 6.92 Å². The summed E-state index contributed by atoms with van der Waals surface area (Å²) in [6.07, 6.45) is 0. The number of para-hydroxylation sites is 1. The highest BCUT2D eigenvalue weighted by atomic mass is 79.9. The third-order valence-electron chi connectivity index (χ3n) is 2.93. The lowest BCUT2D eigenvalue weighted by atomic mass is 10.2. The molecule has 3 nitrogen and oxygen atoms in total. The lowest BCUT2D eigenvalue weighted by Gasteiger charge is -2.10. The minimum absolute atomic E-state index is 0.657. The number of anilines is 1. The number of nitrogens with zero attached hydrogens (tertiary/aromatic N) is 1. The highest BCUT2D eigenvalue weighted by Crippen LogP contribution is 2.32. The molecule has 0 aliphatic rings. The average Bonchev–Trinajstić information content (AvgIpc) is 2.37. The van der Waals surface area contributed by atoms with Crippen molar-refractivity contribution in [1.29, 1.82) is 0 Å². The molecule has 20 heavy (non-hydrogen) atoms. The van der Waals surface area contributed by atoms with Gasteiger partial charge in [0.05, 0.1) is 5.52 Å². The first-order chi connectivity index (χ1) is 9.61. The standard InChI is InChI=1S/C16H13BrN2O/c1-10-6-16(14-4-2-3-5-15(14)19-10)20-13-8-11(17)7-12(18)9-13/h2-9H,18H2,1H3. The molecule has 0 aliphatic carbocycles. The molecule has 0 unspecified atom stereocenters. The van der Waals surface area contributed by atoms with E-state index in [-0.39, 0.29) is 0 Å². The van der Waals surface area contributed by atoms with E-state index in [2.05, 4.69) is 20.9 Å². The van der Waals surface area contributed by atoms with Gasteiger partial charge in [0.15, 0.2) is 0 Å². The van der Waals surface area contributed by atoms with Crippen molar-refractivity contribution in [3.8, 4) is 11.5 Å². The molecule has 3 rings (SSSR count). The summed E-state index contributed by atoms with van der Waals surface area (Å²) in [5.41, 5.74) is 8.33. The Bertz CT molecular complexity index is 766. The van der Waals surface area contributed by atoms with Crippen molar-refractivity contribution >= 4 is 32.5 Å². The Morgan fingerprint density at radius 2 is 1.90 bits per heavy atom. The van der Waals surface area contributed by atoms with Crippen molar-refractivity contribution in [2.24, 2.45) is 0 Å². The number of rotatable bonds is 2. The number of aromatic nitrogens is 1.